The molecule has 0 amide bonds. The lowest BCUT2D eigenvalue weighted by Gasteiger charge is -2.04. The topological polar surface area (TPSA) is 172 Å². The van der Waals surface area contributed by atoms with Crippen LogP contribution in [0.3, 0.4) is 0 Å². The Morgan fingerprint density at radius 2 is 1.00 bits per heavy atom. The fourth-order valence-corrected chi connectivity index (χ4v) is 3.35. The van der Waals surface area contributed by atoms with Crippen molar-refractivity contribution in [2.24, 2.45) is 0 Å². The molecule has 0 aliphatic rings. The summed E-state index contributed by atoms with van der Waals surface area (Å²) in [5, 5.41) is 22.2. The standard InChI is InChI=1S/C22H10N4O8/c27-21-15-7-5-13(25(29)30)9-17(15)23-19(33-21)11-1-2-12(4-3-11)20-24-18-10-14(26(31)32)6-8-16(18)22(28)34-20/h1-10H. The second kappa shape index (κ2) is 7.70. The Bertz CT molecular complexity index is 1630. The van der Waals surface area contributed by atoms with Gasteiger partial charge < -0.3 is 8.83 Å². The predicted octanol–water partition coefficient (Wildman–Crippen LogP) is 3.84. The number of hydrogen-bond donors (Lipinski definition) is 0. The lowest BCUT2D eigenvalue weighted by Crippen LogP contribution is -2.04. The number of nitro groups is 2. The molecule has 2 aromatic heterocycles. The highest BCUT2D eigenvalue weighted by atomic mass is 16.6. The first kappa shape index (κ1) is 20.6. The van der Waals surface area contributed by atoms with Gasteiger partial charge in [0, 0.05) is 35.4 Å². The van der Waals surface area contributed by atoms with Gasteiger partial charge in [-0.15, -0.1) is 0 Å². The van der Waals surface area contributed by atoms with E-state index in [1.54, 1.807) is 0 Å². The molecule has 0 atom stereocenters. The van der Waals surface area contributed by atoms with E-state index in [0.717, 1.165) is 0 Å². The van der Waals surface area contributed by atoms with Crippen molar-refractivity contribution in [1.82, 2.24) is 9.97 Å². The Labute approximate surface area is 187 Å². The van der Waals surface area contributed by atoms with Gasteiger partial charge in [0.05, 0.1) is 31.7 Å². The van der Waals surface area contributed by atoms with Crippen molar-refractivity contribution in [2.45, 2.75) is 0 Å². The summed E-state index contributed by atoms with van der Waals surface area (Å²) in [5.41, 5.74) is -0.873. The molecule has 166 valence electrons. The summed E-state index contributed by atoms with van der Waals surface area (Å²) in [4.78, 5) is 53.9. The average molecular weight is 458 g/mol. The van der Waals surface area contributed by atoms with Crippen molar-refractivity contribution in [3.63, 3.8) is 0 Å². The van der Waals surface area contributed by atoms with Gasteiger partial charge in [0.1, 0.15) is 0 Å². The van der Waals surface area contributed by atoms with Gasteiger partial charge in [0.15, 0.2) is 0 Å². The fraction of sp³-hybridized carbons (Fsp3) is 0. The minimum absolute atomic E-state index is 0.0619. The van der Waals surface area contributed by atoms with Gasteiger partial charge in [0.25, 0.3) is 11.4 Å². The number of non-ortho nitro benzene ring substituents is 2. The van der Waals surface area contributed by atoms with Crippen LogP contribution in [0.4, 0.5) is 11.4 Å². The van der Waals surface area contributed by atoms with Gasteiger partial charge >= 0.3 is 11.3 Å². The Balaban J connectivity index is 1.56. The van der Waals surface area contributed by atoms with E-state index in [1.165, 1.54) is 60.7 Å². The first-order chi connectivity index (χ1) is 16.3. The van der Waals surface area contributed by atoms with Crippen molar-refractivity contribution in [1.29, 1.82) is 0 Å². The van der Waals surface area contributed by atoms with Crippen LogP contribution in [0.5, 0.6) is 0 Å². The number of rotatable bonds is 4. The number of fused-ring (bicyclic) bond motifs is 2. The van der Waals surface area contributed by atoms with E-state index in [1.807, 2.05) is 0 Å². The molecule has 2 heterocycles. The van der Waals surface area contributed by atoms with E-state index < -0.39 is 21.1 Å². The van der Waals surface area contributed by atoms with Crippen LogP contribution in [-0.2, 0) is 0 Å². The first-order valence-electron chi connectivity index (χ1n) is 9.59. The SMILES string of the molecule is O=c1oc(-c2ccc(-c3nc4cc([N+](=O)[O-])ccc4c(=O)o3)cc2)nc2cc([N+](=O)[O-])ccc12. The maximum absolute atomic E-state index is 12.3. The number of aromatic nitrogens is 2. The van der Waals surface area contributed by atoms with E-state index in [4.69, 9.17) is 8.83 Å². The highest BCUT2D eigenvalue weighted by Gasteiger charge is 2.15. The number of nitrogens with zero attached hydrogens (tertiary/aromatic N) is 4. The molecule has 0 aliphatic carbocycles. The third-order valence-corrected chi connectivity index (χ3v) is 5.03. The highest BCUT2D eigenvalue weighted by Crippen LogP contribution is 2.26. The molecule has 12 nitrogen and oxygen atoms in total. The maximum atomic E-state index is 12.3. The van der Waals surface area contributed by atoms with E-state index >= 15 is 0 Å². The van der Waals surface area contributed by atoms with Crippen LogP contribution in [0.25, 0.3) is 44.7 Å². The summed E-state index contributed by atoms with van der Waals surface area (Å²) in [6.45, 7) is 0. The average Bonchev–Trinajstić information content (AvgIpc) is 2.83. The fourth-order valence-electron chi connectivity index (χ4n) is 3.35. The van der Waals surface area contributed by atoms with Gasteiger partial charge in [-0.2, -0.15) is 0 Å². The zero-order valence-corrected chi connectivity index (χ0v) is 16.8. The Morgan fingerprint density at radius 3 is 1.35 bits per heavy atom. The second-order valence-electron chi connectivity index (χ2n) is 7.11. The van der Waals surface area contributed by atoms with Crippen LogP contribution in [0.1, 0.15) is 0 Å². The number of hydrogen-bond acceptors (Lipinski definition) is 10. The third kappa shape index (κ3) is 3.54. The molecule has 0 radical (unpaired) electrons. The normalized spacial score (nSPS) is 11.1. The molecule has 3 aromatic carbocycles. The minimum atomic E-state index is -0.706. The molecule has 0 spiro atoms. The highest BCUT2D eigenvalue weighted by molar-refractivity contribution is 5.82. The minimum Gasteiger partial charge on any atom is -0.403 e. The molecule has 0 fully saturated rings. The largest absolute Gasteiger partial charge is 0.403 e. The van der Waals surface area contributed by atoms with Gasteiger partial charge in [-0.1, -0.05) is 0 Å². The zero-order valence-electron chi connectivity index (χ0n) is 16.8. The van der Waals surface area contributed by atoms with Crippen molar-refractivity contribution in [3.8, 4) is 22.9 Å². The molecule has 34 heavy (non-hydrogen) atoms. The van der Waals surface area contributed by atoms with E-state index in [9.17, 15) is 29.8 Å². The van der Waals surface area contributed by atoms with E-state index in [2.05, 4.69) is 9.97 Å². The molecule has 12 heteroatoms. The molecular weight excluding hydrogens is 448 g/mol. The van der Waals surface area contributed by atoms with Crippen molar-refractivity contribution >= 4 is 33.2 Å². The summed E-state index contributed by atoms with van der Waals surface area (Å²) >= 11 is 0. The lowest BCUT2D eigenvalue weighted by atomic mass is 10.1. The molecule has 0 saturated carbocycles. The molecule has 5 aromatic rings. The third-order valence-electron chi connectivity index (χ3n) is 5.03. The summed E-state index contributed by atoms with van der Waals surface area (Å²) in [6, 6.07) is 13.4. The summed E-state index contributed by atoms with van der Waals surface area (Å²) in [7, 11) is 0. The molecule has 5 rings (SSSR count). The lowest BCUT2D eigenvalue weighted by molar-refractivity contribution is -0.384. The van der Waals surface area contributed by atoms with Crippen LogP contribution in [0, 0.1) is 20.2 Å². The Kier molecular flexibility index (Phi) is 4.68. The van der Waals surface area contributed by atoms with Gasteiger partial charge in [-0.3, -0.25) is 20.2 Å². The quantitative estimate of drug-likeness (QED) is 0.284. The Morgan fingerprint density at radius 1 is 0.618 bits per heavy atom. The van der Waals surface area contributed by atoms with Crippen LogP contribution in [0.15, 0.2) is 79.1 Å². The maximum Gasteiger partial charge on any atom is 0.347 e. The van der Waals surface area contributed by atoms with Crippen LogP contribution < -0.4 is 11.3 Å². The summed E-state index contributed by atoms with van der Waals surface area (Å²) in [5.74, 6) is -0.124. The van der Waals surface area contributed by atoms with Crippen LogP contribution in [0.2, 0.25) is 0 Å². The molecule has 0 saturated heterocycles. The monoisotopic (exact) mass is 458 g/mol. The van der Waals surface area contributed by atoms with Crippen molar-refractivity contribution in [3.05, 3.63) is 102 Å². The number of benzene rings is 3. The van der Waals surface area contributed by atoms with Crippen molar-refractivity contribution in [2.75, 3.05) is 0 Å². The summed E-state index contributed by atoms with van der Waals surface area (Å²) in [6.07, 6.45) is 0. The van der Waals surface area contributed by atoms with Gasteiger partial charge in [-0.05, 0) is 36.4 Å². The van der Waals surface area contributed by atoms with Crippen molar-refractivity contribution < 1.29 is 18.7 Å². The number of nitro benzene ring substituents is 2. The molecule has 0 bridgehead atoms. The van der Waals surface area contributed by atoms with E-state index in [0.29, 0.717) is 11.1 Å². The second-order valence-corrected chi connectivity index (χ2v) is 7.11. The molecule has 0 N–H and O–H groups in total. The zero-order chi connectivity index (χ0) is 24.0. The Hall–Kier alpha value is -5.26. The van der Waals surface area contributed by atoms with Gasteiger partial charge in [0.2, 0.25) is 11.8 Å². The van der Waals surface area contributed by atoms with Crippen LogP contribution in [-0.4, -0.2) is 19.8 Å². The predicted molar refractivity (Wildman–Crippen MR) is 118 cm³/mol. The first-order valence-corrected chi connectivity index (χ1v) is 9.59. The van der Waals surface area contributed by atoms with E-state index in [-0.39, 0.29) is 45.0 Å². The molecule has 0 unspecified atom stereocenters. The molecular formula is C22H10N4O8. The van der Waals surface area contributed by atoms with Gasteiger partial charge in [-0.25, -0.2) is 19.6 Å². The smallest absolute Gasteiger partial charge is 0.347 e. The van der Waals surface area contributed by atoms with Crippen LogP contribution >= 0.6 is 0 Å². The molecule has 0 aliphatic heterocycles. The summed E-state index contributed by atoms with van der Waals surface area (Å²) < 4.78 is 10.5.